The topological polar surface area (TPSA) is 53.4 Å². The Balaban J connectivity index is 0.000000153. The summed E-state index contributed by atoms with van der Waals surface area (Å²) in [4.78, 5) is 4.80. The number of rotatable bonds is 18. The molecule has 0 bridgehead atoms. The van der Waals surface area contributed by atoms with Crippen molar-refractivity contribution in [2.45, 2.75) is 46.2 Å². The smallest absolute Gasteiger partial charge is 0.423 e. The number of aromatic nitrogens is 1. The summed E-state index contributed by atoms with van der Waals surface area (Å²) in [5, 5.41) is 37.4. The summed E-state index contributed by atoms with van der Waals surface area (Å²) in [5.41, 5.74) is 8.86. The molecule has 0 aliphatic heterocycles. The largest absolute Gasteiger partial charge is 0.488 e. The van der Waals surface area contributed by atoms with Crippen molar-refractivity contribution in [1.82, 2.24) is 4.98 Å². The minimum Gasteiger partial charge on any atom is -0.423 e. The van der Waals surface area contributed by atoms with E-state index in [0.29, 0.717) is 5.46 Å². The molecule has 0 aliphatic carbocycles. The quantitative estimate of drug-likeness (QED) is 0.0665. The number of aryl methyl sites for hydroxylation is 1. The van der Waals surface area contributed by atoms with Gasteiger partial charge in [0.15, 0.2) is 0 Å². The molecule has 0 saturated carbocycles. The van der Waals surface area contributed by atoms with Crippen LogP contribution in [0.1, 0.15) is 6.99 Å². The summed E-state index contributed by atoms with van der Waals surface area (Å²) in [6.45, 7) is 16.1. The van der Waals surface area contributed by atoms with E-state index in [1.807, 2.05) is 24.4 Å². The van der Waals surface area contributed by atoms with Crippen LogP contribution in [-0.2, 0) is 20.4 Å². The predicted molar refractivity (Wildman–Crippen MR) is 530 cm³/mol. The third-order valence-electron chi connectivity index (χ3n) is 19.7. The second-order valence-electron chi connectivity index (χ2n) is 30.3. The second kappa shape index (κ2) is 46.2. The summed E-state index contributed by atoms with van der Waals surface area (Å²) in [5.74, 6) is 0. The van der Waals surface area contributed by atoms with E-state index in [9.17, 15) is 0 Å². The molecule has 17 aromatic rings. The predicted octanol–water partition coefficient (Wildman–Crippen LogP) is 20.9. The van der Waals surface area contributed by atoms with Crippen LogP contribution in [0, 0.1) is 6.92 Å². The average Bonchev–Trinajstić information content (AvgIpc) is 0.838. The molecule has 119 heavy (non-hydrogen) atoms. The van der Waals surface area contributed by atoms with Crippen LogP contribution in [0.5, 0.6) is 0 Å². The Morgan fingerprint density at radius 3 is 0.664 bits per heavy atom. The fourth-order valence-electron chi connectivity index (χ4n) is 13.5. The van der Waals surface area contributed by atoms with Gasteiger partial charge in [-0.15, -0.1) is 0 Å². The van der Waals surface area contributed by atoms with Crippen LogP contribution in [-0.4, -0.2) is 38.3 Å². The van der Waals surface area contributed by atoms with Gasteiger partial charge in [0.05, 0.1) is 21.8 Å². The van der Waals surface area contributed by atoms with Crippen molar-refractivity contribution in [2.24, 2.45) is 0 Å². The molecule has 0 radical (unpaired) electrons. The normalized spacial score (nSPS) is 10.8. The van der Waals surface area contributed by atoms with E-state index >= 15 is 0 Å². The van der Waals surface area contributed by atoms with Crippen LogP contribution in [0.4, 0.5) is 0 Å². The average molecular weight is 1750 g/mol. The Bertz CT molecular complexity index is 4870. The summed E-state index contributed by atoms with van der Waals surface area (Å²) in [6.07, 6.45) is 2.02. The van der Waals surface area contributed by atoms with Crippen LogP contribution in [0.15, 0.2) is 479 Å². The van der Waals surface area contributed by atoms with Crippen LogP contribution in [0.2, 0.25) is 39.3 Å². The van der Waals surface area contributed by atoms with Gasteiger partial charge in [-0.3, -0.25) is 4.98 Å². The molecule has 2 N–H and O–H groups in total. The third kappa shape index (κ3) is 26.5. The molecular formula is C108H104BNO2P4PdSi2. The van der Waals surface area contributed by atoms with Gasteiger partial charge in [0, 0.05) is 39.2 Å². The van der Waals surface area contributed by atoms with Gasteiger partial charge in [0.2, 0.25) is 0 Å². The van der Waals surface area contributed by atoms with Crippen molar-refractivity contribution in [2.75, 3.05) is 0 Å². The first-order valence-electron chi connectivity index (χ1n) is 40.1. The molecule has 1 aromatic heterocycles. The van der Waals surface area contributed by atoms with Gasteiger partial charge < -0.3 is 10.0 Å². The van der Waals surface area contributed by atoms with Crippen LogP contribution >= 0.6 is 31.7 Å². The molecule has 16 aromatic carbocycles. The first kappa shape index (κ1) is 89.3. The summed E-state index contributed by atoms with van der Waals surface area (Å²) in [6, 6.07) is 167. The van der Waals surface area contributed by atoms with E-state index in [-0.39, 0.29) is 21.8 Å². The van der Waals surface area contributed by atoms with Crippen molar-refractivity contribution >= 4 is 134 Å². The minimum absolute atomic E-state index is 0. The number of pyridine rings is 1. The molecule has 17 rings (SSSR count). The zero-order valence-corrected chi connectivity index (χ0v) is 75.8. The van der Waals surface area contributed by atoms with E-state index in [1.165, 1.54) is 102 Å². The van der Waals surface area contributed by atoms with Crippen LogP contribution in [0.25, 0.3) is 33.5 Å². The number of nitrogens with zero attached hydrogens (tertiary/aromatic N) is 1. The second-order valence-corrected chi connectivity index (χ2v) is 49.3. The molecule has 0 atom stereocenters. The van der Waals surface area contributed by atoms with E-state index in [0.717, 1.165) is 11.3 Å². The zero-order chi connectivity index (χ0) is 82.2. The number of hydrogen-bond acceptors (Lipinski definition) is 3. The molecule has 0 saturated heterocycles. The molecule has 0 fully saturated rings. The Labute approximate surface area is 730 Å². The molecule has 0 spiro atoms. The molecular weight excluding hydrogens is 1640 g/mol. The van der Waals surface area contributed by atoms with E-state index < -0.39 is 55.0 Å². The van der Waals surface area contributed by atoms with Crippen LogP contribution < -0.4 is 79.5 Å². The van der Waals surface area contributed by atoms with Crippen molar-refractivity contribution in [3.63, 3.8) is 0 Å². The maximum Gasteiger partial charge on any atom is 0.488 e. The maximum atomic E-state index is 8.88. The third-order valence-corrected chi connectivity index (χ3v) is 33.6. The van der Waals surface area contributed by atoms with E-state index in [2.05, 4.69) is 489 Å². The molecule has 594 valence electrons. The van der Waals surface area contributed by atoms with Crippen molar-refractivity contribution in [1.29, 1.82) is 0 Å². The van der Waals surface area contributed by atoms with Gasteiger partial charge in [-0.25, -0.2) is 0 Å². The first-order valence-corrected chi connectivity index (χ1v) is 52.5. The summed E-state index contributed by atoms with van der Waals surface area (Å²) >= 11 is 0. The van der Waals surface area contributed by atoms with Crippen molar-refractivity contribution in [3.05, 3.63) is 485 Å². The molecule has 3 nitrogen and oxygen atoms in total. The SMILES string of the molecule is C[Si](C)(C)c1ccc(B(O)O)cc1.Cc1cc(-c2cccc(-c3ccccc3)c2)ncc1-c1ccc([Si](C)(C)C)cc1.[HH].[Pd].c1ccc(P(c2ccccc2)c2ccccc2)cc1.c1ccc(P(c2ccccc2)c2ccccc2)cc1.c1ccc(P(c2ccccc2)c2ccccc2)cc1.c1ccc(P(c2ccccc2)c2ccccc2)cc1. The Hall–Kier alpha value is -10.5. The zero-order valence-electron chi connectivity index (χ0n) is 68.6. The Morgan fingerprint density at radius 1 is 0.235 bits per heavy atom. The fraction of sp³-hybridized carbons (Fsp3) is 0.0648. The van der Waals surface area contributed by atoms with Gasteiger partial charge in [0.1, 0.15) is 0 Å². The van der Waals surface area contributed by atoms with Gasteiger partial charge in [-0.05, 0) is 142 Å². The number of benzene rings is 16. The van der Waals surface area contributed by atoms with Gasteiger partial charge in [0.25, 0.3) is 0 Å². The van der Waals surface area contributed by atoms with Crippen LogP contribution in [0.3, 0.4) is 0 Å². The Morgan fingerprint density at radius 2 is 0.445 bits per heavy atom. The van der Waals surface area contributed by atoms with Gasteiger partial charge >= 0.3 is 7.12 Å². The van der Waals surface area contributed by atoms with Gasteiger partial charge in [-0.2, -0.15) is 0 Å². The summed E-state index contributed by atoms with van der Waals surface area (Å²) < 4.78 is 0. The van der Waals surface area contributed by atoms with E-state index in [4.69, 9.17) is 15.0 Å². The minimum atomic E-state index is -1.35. The molecule has 11 heteroatoms. The summed E-state index contributed by atoms with van der Waals surface area (Å²) in [7, 11) is -5.66. The monoisotopic (exact) mass is 1740 g/mol. The number of hydrogen-bond donors (Lipinski definition) is 2. The Kier molecular flexibility index (Phi) is 34.6. The maximum absolute atomic E-state index is 8.88. The molecule has 0 aliphatic rings. The standard InChI is InChI=1S/C27H27NSi.4C18H15P.C9H15BO2Si.Pd.H2/c1-20-17-27(24-12-8-11-23(18-24)21-9-6-5-7-10-21)28-19-26(20)22-13-15-25(16-14-22)29(2,3)4;4*1-4-10-16(11-5-1)19(17-12-6-2-7-13-17)18-14-8-3-9-15-18;1-13(2,3)9-6-4-8(5-7-9)10(11)12;;/h5-19H,1-4H3;4*1-15H;4-7,11-12H,1-3H3;;1H. The molecule has 0 unspecified atom stereocenters. The molecule has 1 heterocycles. The van der Waals surface area contributed by atoms with Gasteiger partial charge in [-0.1, -0.05) is 511 Å². The van der Waals surface area contributed by atoms with Crippen molar-refractivity contribution < 1.29 is 31.9 Å². The molecule has 0 amide bonds. The fourth-order valence-corrected chi connectivity index (χ4v) is 25.1. The first-order chi connectivity index (χ1) is 57.6. The van der Waals surface area contributed by atoms with Crippen molar-refractivity contribution in [3.8, 4) is 33.5 Å². The van der Waals surface area contributed by atoms with E-state index in [1.54, 1.807) is 12.1 Å².